The van der Waals surface area contributed by atoms with Gasteiger partial charge in [0, 0.05) is 37.3 Å². The Morgan fingerprint density at radius 3 is 2.66 bits per heavy atom. The molecule has 1 aromatic heterocycles. The van der Waals surface area contributed by atoms with Gasteiger partial charge in [0.1, 0.15) is 11.5 Å². The Balaban J connectivity index is 2.29. The summed E-state index contributed by atoms with van der Waals surface area (Å²) in [6.45, 7) is 2.39. The summed E-state index contributed by atoms with van der Waals surface area (Å²) in [6.07, 6.45) is 14.1. The van der Waals surface area contributed by atoms with Gasteiger partial charge in [-0.2, -0.15) is 0 Å². The lowest BCUT2D eigenvalue weighted by Gasteiger charge is -2.12. The van der Waals surface area contributed by atoms with Crippen LogP contribution in [0.5, 0.6) is 5.75 Å². The minimum absolute atomic E-state index is 0.0805. The van der Waals surface area contributed by atoms with Gasteiger partial charge in [-0.25, -0.2) is 4.79 Å². The monoisotopic (exact) mass is 467 g/mol. The van der Waals surface area contributed by atoms with E-state index in [2.05, 4.69) is 18.3 Å². The largest absolute Gasteiger partial charge is 0.496 e. The average Bonchev–Trinajstić information content (AvgIpc) is 2.79. The van der Waals surface area contributed by atoms with Crippen LogP contribution >= 0.6 is 11.6 Å². The summed E-state index contributed by atoms with van der Waals surface area (Å²) in [7, 11) is 3.24. The van der Waals surface area contributed by atoms with Crippen molar-refractivity contribution >= 4 is 17.4 Å². The zero-order valence-electron chi connectivity index (χ0n) is 19.7. The van der Waals surface area contributed by atoms with E-state index < -0.39 is 5.63 Å². The highest BCUT2D eigenvalue weighted by Gasteiger charge is 2.08. The minimum atomic E-state index is -0.497. The molecule has 0 radical (unpaired) electrons. The predicted octanol–water partition coefficient (Wildman–Crippen LogP) is 5.53. The van der Waals surface area contributed by atoms with Gasteiger partial charge in [-0.15, -0.1) is 0 Å². The quantitative estimate of drug-likeness (QED) is 0.226. The molecule has 0 saturated heterocycles. The minimum Gasteiger partial charge on any atom is -0.496 e. The van der Waals surface area contributed by atoms with Gasteiger partial charge in [-0.3, -0.25) is 4.79 Å². The molecular weight excluding hydrogens is 430 g/mol. The number of ether oxygens (including phenoxy) is 2. The number of unbranched alkanes of at least 4 members (excludes halogenated alkanes) is 4. The maximum atomic E-state index is 12.2. The van der Waals surface area contributed by atoms with Crippen LogP contribution in [0.1, 0.15) is 70.5 Å². The van der Waals surface area contributed by atoms with E-state index in [1.54, 1.807) is 13.2 Å². The molecule has 0 fully saturated rings. The van der Waals surface area contributed by atoms with Crippen LogP contribution in [-0.4, -0.2) is 32.7 Å². The lowest BCUT2D eigenvalue weighted by Crippen LogP contribution is -2.23. The molecule has 1 N–H and O–H groups in total. The second kappa shape index (κ2) is 17.5. The van der Waals surface area contributed by atoms with E-state index in [-0.39, 0.29) is 24.9 Å². The van der Waals surface area contributed by atoms with Gasteiger partial charge >= 0.3 is 5.63 Å². The Bertz CT molecular complexity index is 772. The molecular formula is C25H38ClNO5. The number of hydrogen-bond acceptors (Lipinski definition) is 6. The number of allylic oxidation sites excluding steroid dienone is 2. The molecule has 0 aromatic carbocycles. The van der Waals surface area contributed by atoms with Crippen LogP contribution in [0.25, 0.3) is 0 Å². The first kappa shape index (κ1) is 28.0. The first-order valence-electron chi connectivity index (χ1n) is 11.4. The van der Waals surface area contributed by atoms with E-state index in [1.807, 2.05) is 6.08 Å². The van der Waals surface area contributed by atoms with Crippen molar-refractivity contribution < 1.29 is 18.7 Å². The zero-order chi connectivity index (χ0) is 23.6. The standard InChI is InChI=1S/C25H38ClNO5/c1-4-5-6-7-10-13-22(30-2)14-11-8-9-12-21(28)19-27-20(18-26)15-24-16-23(31-3)17-25(29)32-24/h8,11,16-18,22,27H,4-7,9-10,12-15,19H2,1-3H3/b11-8+,20-18+. The first-order chi connectivity index (χ1) is 15.5. The van der Waals surface area contributed by atoms with Crippen molar-refractivity contribution in [3.8, 4) is 5.75 Å². The summed E-state index contributed by atoms with van der Waals surface area (Å²) in [4.78, 5) is 23.7. The van der Waals surface area contributed by atoms with Crippen molar-refractivity contribution in [1.29, 1.82) is 0 Å². The average molecular weight is 468 g/mol. The second-order valence-corrected chi connectivity index (χ2v) is 8.01. The van der Waals surface area contributed by atoms with Gasteiger partial charge in [0.15, 0.2) is 5.78 Å². The van der Waals surface area contributed by atoms with Crippen molar-refractivity contribution in [2.45, 2.75) is 77.2 Å². The van der Waals surface area contributed by atoms with E-state index in [0.29, 0.717) is 30.0 Å². The van der Waals surface area contributed by atoms with Gasteiger partial charge < -0.3 is 19.2 Å². The van der Waals surface area contributed by atoms with Gasteiger partial charge in [0.2, 0.25) is 0 Å². The van der Waals surface area contributed by atoms with E-state index >= 15 is 0 Å². The summed E-state index contributed by atoms with van der Waals surface area (Å²) in [5.74, 6) is 0.902. The molecule has 0 bridgehead atoms. The molecule has 0 amide bonds. The molecule has 1 unspecified atom stereocenters. The molecule has 0 saturated carbocycles. The highest BCUT2D eigenvalue weighted by atomic mass is 35.5. The molecule has 180 valence electrons. The van der Waals surface area contributed by atoms with Crippen molar-refractivity contribution in [2.24, 2.45) is 0 Å². The smallest absolute Gasteiger partial charge is 0.339 e. The van der Waals surface area contributed by atoms with Crippen LogP contribution in [0.4, 0.5) is 0 Å². The first-order valence-corrected chi connectivity index (χ1v) is 11.9. The Kier molecular flexibility index (Phi) is 15.3. The summed E-state index contributed by atoms with van der Waals surface area (Å²) >= 11 is 5.85. The maximum absolute atomic E-state index is 12.2. The number of carbonyl (C=O) groups is 1. The fourth-order valence-electron chi connectivity index (χ4n) is 3.26. The van der Waals surface area contributed by atoms with Crippen LogP contribution < -0.4 is 15.7 Å². The van der Waals surface area contributed by atoms with Gasteiger partial charge in [-0.1, -0.05) is 62.8 Å². The molecule has 0 aliphatic carbocycles. The summed E-state index contributed by atoms with van der Waals surface area (Å²) in [6, 6.07) is 2.88. The van der Waals surface area contributed by atoms with Crippen LogP contribution in [0.15, 0.2) is 44.7 Å². The Labute approximate surface area is 197 Å². The Morgan fingerprint density at radius 1 is 1.19 bits per heavy atom. The summed E-state index contributed by atoms with van der Waals surface area (Å²) in [5, 5.41) is 3.01. The van der Waals surface area contributed by atoms with Crippen LogP contribution in [0, 0.1) is 0 Å². The fourth-order valence-corrected chi connectivity index (χ4v) is 3.41. The number of hydrogen-bond donors (Lipinski definition) is 1. The molecule has 0 spiro atoms. The van der Waals surface area contributed by atoms with Crippen LogP contribution in [0.2, 0.25) is 0 Å². The lowest BCUT2D eigenvalue weighted by atomic mass is 10.1. The van der Waals surface area contributed by atoms with Gasteiger partial charge in [0.05, 0.1) is 25.8 Å². The zero-order valence-corrected chi connectivity index (χ0v) is 20.4. The number of rotatable bonds is 18. The number of ketones is 1. The molecule has 0 aliphatic rings. The third kappa shape index (κ3) is 12.7. The molecule has 0 aliphatic heterocycles. The third-order valence-corrected chi connectivity index (χ3v) is 5.42. The second-order valence-electron chi connectivity index (χ2n) is 7.79. The van der Waals surface area contributed by atoms with Crippen LogP contribution in [-0.2, 0) is 16.0 Å². The molecule has 32 heavy (non-hydrogen) atoms. The third-order valence-electron chi connectivity index (χ3n) is 5.16. The number of halogens is 1. The fraction of sp³-hybridized carbons (Fsp3) is 0.600. The summed E-state index contributed by atoms with van der Waals surface area (Å²) in [5.41, 5.74) is 1.44. The van der Waals surface area contributed by atoms with Gasteiger partial charge in [-0.05, 0) is 19.3 Å². The SMILES string of the molecule is CCCCCCCC(C/C=C/CCC(=O)CN/C(=C/Cl)Cc1cc(OC)cc(=O)o1)OC. The highest BCUT2D eigenvalue weighted by Crippen LogP contribution is 2.14. The van der Waals surface area contributed by atoms with E-state index in [9.17, 15) is 9.59 Å². The number of methoxy groups -OCH3 is 2. The van der Waals surface area contributed by atoms with Crippen molar-refractivity contribution in [2.75, 3.05) is 20.8 Å². The topological polar surface area (TPSA) is 77.8 Å². The molecule has 1 heterocycles. The Morgan fingerprint density at radius 2 is 1.97 bits per heavy atom. The van der Waals surface area contributed by atoms with E-state index in [1.165, 1.54) is 50.8 Å². The van der Waals surface area contributed by atoms with Gasteiger partial charge in [0.25, 0.3) is 0 Å². The normalized spacial score (nSPS) is 12.8. The number of Topliss-reactive ketones (excluding diaryl/α,β-unsaturated/α-hetero) is 1. The molecule has 7 heteroatoms. The maximum Gasteiger partial charge on any atom is 0.339 e. The molecule has 1 aromatic rings. The lowest BCUT2D eigenvalue weighted by molar-refractivity contribution is -0.118. The highest BCUT2D eigenvalue weighted by molar-refractivity contribution is 6.25. The summed E-state index contributed by atoms with van der Waals surface area (Å²) < 4.78 is 15.8. The molecule has 1 rings (SSSR count). The molecule has 6 nitrogen and oxygen atoms in total. The van der Waals surface area contributed by atoms with Crippen molar-refractivity contribution in [3.63, 3.8) is 0 Å². The molecule has 1 atom stereocenters. The van der Waals surface area contributed by atoms with E-state index in [0.717, 1.165) is 12.8 Å². The number of nitrogens with one attached hydrogen (secondary N) is 1. The van der Waals surface area contributed by atoms with E-state index in [4.69, 9.17) is 25.5 Å². The number of carbonyl (C=O) groups excluding carboxylic acids is 1. The van der Waals surface area contributed by atoms with Crippen molar-refractivity contribution in [1.82, 2.24) is 5.32 Å². The predicted molar refractivity (Wildman–Crippen MR) is 129 cm³/mol. The Hall–Kier alpha value is -2.05. The van der Waals surface area contributed by atoms with Crippen LogP contribution in [0.3, 0.4) is 0 Å². The van der Waals surface area contributed by atoms with Crippen molar-refractivity contribution in [3.05, 3.63) is 51.7 Å².